The maximum atomic E-state index is 6.51. The Bertz CT molecular complexity index is 288. The summed E-state index contributed by atoms with van der Waals surface area (Å²) in [5.74, 6) is 0. The molecule has 0 aromatic heterocycles. The number of hydrogen-bond acceptors (Lipinski definition) is 0. The van der Waals surface area contributed by atoms with Gasteiger partial charge in [-0.1, -0.05) is 56.0 Å². The SMILES string of the molecule is CC[Si](Cl)(C=Cc1ccccc1)CC. The summed E-state index contributed by atoms with van der Waals surface area (Å²) in [5, 5.41) is 0. The molecule has 0 saturated carbocycles. The fourth-order valence-electron chi connectivity index (χ4n) is 1.30. The molecule has 1 aromatic rings. The number of rotatable bonds is 4. The molecule has 0 atom stereocenters. The van der Waals surface area contributed by atoms with Gasteiger partial charge < -0.3 is 0 Å². The molecule has 0 spiro atoms. The average molecular weight is 225 g/mol. The summed E-state index contributed by atoms with van der Waals surface area (Å²) in [4.78, 5) is 0. The summed E-state index contributed by atoms with van der Waals surface area (Å²) in [7, 11) is -1.59. The highest BCUT2D eigenvalue weighted by Crippen LogP contribution is 2.22. The lowest BCUT2D eigenvalue weighted by Crippen LogP contribution is -2.20. The summed E-state index contributed by atoms with van der Waals surface area (Å²) in [6, 6.07) is 12.6. The molecule has 76 valence electrons. The van der Waals surface area contributed by atoms with Crippen LogP contribution < -0.4 is 0 Å². The van der Waals surface area contributed by atoms with E-state index in [1.807, 2.05) is 6.07 Å². The largest absolute Gasteiger partial charge is 0.179 e. The Morgan fingerprint density at radius 3 is 2.21 bits per heavy atom. The third kappa shape index (κ3) is 3.32. The molecule has 0 aliphatic carbocycles. The van der Waals surface area contributed by atoms with Gasteiger partial charge in [-0.2, -0.15) is 11.1 Å². The lowest BCUT2D eigenvalue weighted by atomic mass is 10.2. The van der Waals surface area contributed by atoms with Gasteiger partial charge in [0.25, 0.3) is 0 Å². The molecule has 0 aliphatic rings. The Morgan fingerprint density at radius 1 is 1.14 bits per heavy atom. The summed E-state index contributed by atoms with van der Waals surface area (Å²) < 4.78 is 0. The van der Waals surface area contributed by atoms with Crippen LogP contribution >= 0.6 is 11.1 Å². The van der Waals surface area contributed by atoms with Crippen molar-refractivity contribution in [2.24, 2.45) is 0 Å². The Kier molecular flexibility index (Phi) is 4.43. The molecule has 0 saturated heterocycles. The lowest BCUT2D eigenvalue weighted by Gasteiger charge is -2.15. The van der Waals surface area contributed by atoms with Crippen molar-refractivity contribution in [2.45, 2.75) is 25.9 Å². The van der Waals surface area contributed by atoms with Crippen LogP contribution in [0.2, 0.25) is 12.1 Å². The van der Waals surface area contributed by atoms with Gasteiger partial charge in [-0.3, -0.25) is 0 Å². The maximum Gasteiger partial charge on any atom is 0.179 e. The second-order valence-corrected chi connectivity index (χ2v) is 9.56. The minimum atomic E-state index is -1.59. The van der Waals surface area contributed by atoms with Gasteiger partial charge in [0.15, 0.2) is 7.38 Å². The van der Waals surface area contributed by atoms with Crippen molar-refractivity contribution in [2.75, 3.05) is 0 Å². The molecule has 14 heavy (non-hydrogen) atoms. The molecular formula is C12H17ClSi. The van der Waals surface area contributed by atoms with E-state index in [4.69, 9.17) is 11.1 Å². The van der Waals surface area contributed by atoms with E-state index in [1.54, 1.807) is 0 Å². The first kappa shape index (κ1) is 11.5. The highest BCUT2D eigenvalue weighted by atomic mass is 35.6. The molecule has 0 N–H and O–H groups in total. The van der Waals surface area contributed by atoms with Crippen LogP contribution in [0.25, 0.3) is 6.08 Å². The van der Waals surface area contributed by atoms with Crippen LogP contribution in [0.3, 0.4) is 0 Å². The van der Waals surface area contributed by atoms with E-state index >= 15 is 0 Å². The van der Waals surface area contributed by atoms with Gasteiger partial charge in [0.2, 0.25) is 0 Å². The Balaban J connectivity index is 2.72. The van der Waals surface area contributed by atoms with Gasteiger partial charge in [-0.25, -0.2) is 0 Å². The summed E-state index contributed by atoms with van der Waals surface area (Å²) >= 11 is 6.51. The summed E-state index contributed by atoms with van der Waals surface area (Å²) in [5.41, 5.74) is 3.48. The molecular weight excluding hydrogens is 208 g/mol. The summed E-state index contributed by atoms with van der Waals surface area (Å²) in [6.45, 7) is 4.36. The molecule has 0 heterocycles. The maximum absolute atomic E-state index is 6.51. The van der Waals surface area contributed by atoms with E-state index in [2.05, 4.69) is 49.9 Å². The van der Waals surface area contributed by atoms with Crippen molar-refractivity contribution in [1.29, 1.82) is 0 Å². The Hall–Kier alpha value is -0.533. The molecule has 0 bridgehead atoms. The van der Waals surface area contributed by atoms with Crippen LogP contribution in [0.4, 0.5) is 0 Å². The highest BCUT2D eigenvalue weighted by molar-refractivity contribution is 7.23. The zero-order valence-corrected chi connectivity index (χ0v) is 10.6. The van der Waals surface area contributed by atoms with Crippen LogP contribution in [-0.2, 0) is 0 Å². The molecule has 2 heteroatoms. The fourth-order valence-corrected chi connectivity index (χ4v) is 2.95. The quantitative estimate of drug-likeness (QED) is 0.523. The zero-order chi connectivity index (χ0) is 10.4. The van der Waals surface area contributed by atoms with E-state index in [0.717, 1.165) is 12.1 Å². The molecule has 1 aromatic carbocycles. The van der Waals surface area contributed by atoms with Gasteiger partial charge >= 0.3 is 0 Å². The predicted molar refractivity (Wildman–Crippen MR) is 68.0 cm³/mol. The number of halogens is 1. The fraction of sp³-hybridized carbons (Fsp3) is 0.333. The van der Waals surface area contributed by atoms with Gasteiger partial charge in [0, 0.05) is 0 Å². The molecule has 0 unspecified atom stereocenters. The molecule has 0 amide bonds. The minimum absolute atomic E-state index is 1.11. The van der Waals surface area contributed by atoms with Gasteiger partial charge in [0.1, 0.15) is 0 Å². The monoisotopic (exact) mass is 224 g/mol. The van der Waals surface area contributed by atoms with Crippen LogP contribution in [0.1, 0.15) is 19.4 Å². The second kappa shape index (κ2) is 5.37. The second-order valence-electron chi connectivity index (χ2n) is 3.49. The third-order valence-electron chi connectivity index (χ3n) is 2.55. The van der Waals surface area contributed by atoms with Crippen LogP contribution in [0, 0.1) is 0 Å². The molecule has 0 radical (unpaired) electrons. The Morgan fingerprint density at radius 2 is 1.71 bits per heavy atom. The zero-order valence-electron chi connectivity index (χ0n) is 8.83. The van der Waals surface area contributed by atoms with E-state index in [0.29, 0.717) is 0 Å². The predicted octanol–water partition coefficient (Wildman–Crippen LogP) is 4.46. The first-order chi connectivity index (χ1) is 6.70. The van der Waals surface area contributed by atoms with Crippen LogP contribution in [0.15, 0.2) is 36.0 Å². The van der Waals surface area contributed by atoms with Gasteiger partial charge in [-0.05, 0) is 17.7 Å². The number of hydrogen-bond donors (Lipinski definition) is 0. The van der Waals surface area contributed by atoms with E-state index in [1.165, 1.54) is 5.56 Å². The molecule has 0 nitrogen and oxygen atoms in total. The van der Waals surface area contributed by atoms with Crippen molar-refractivity contribution in [3.63, 3.8) is 0 Å². The molecule has 0 fully saturated rings. The normalized spacial score (nSPS) is 12.2. The third-order valence-corrected chi connectivity index (χ3v) is 7.65. The number of benzene rings is 1. The smallest absolute Gasteiger partial charge is 0.162 e. The van der Waals surface area contributed by atoms with Crippen molar-refractivity contribution < 1.29 is 0 Å². The lowest BCUT2D eigenvalue weighted by molar-refractivity contribution is 1.31. The van der Waals surface area contributed by atoms with Crippen molar-refractivity contribution in [3.05, 3.63) is 41.6 Å². The first-order valence-corrected chi connectivity index (χ1v) is 8.64. The van der Waals surface area contributed by atoms with E-state index < -0.39 is 7.38 Å². The first-order valence-electron chi connectivity index (χ1n) is 5.13. The average Bonchev–Trinajstić information content (AvgIpc) is 2.27. The van der Waals surface area contributed by atoms with Gasteiger partial charge in [0.05, 0.1) is 0 Å². The van der Waals surface area contributed by atoms with Gasteiger partial charge in [-0.15, -0.1) is 0 Å². The standard InChI is InChI=1S/C12H17ClSi/c1-3-14(13,4-2)11-10-12-8-6-5-7-9-12/h5-11H,3-4H2,1-2H3. The van der Waals surface area contributed by atoms with Crippen molar-refractivity contribution >= 4 is 24.5 Å². The summed E-state index contributed by atoms with van der Waals surface area (Å²) in [6.07, 6.45) is 2.16. The van der Waals surface area contributed by atoms with Crippen LogP contribution in [-0.4, -0.2) is 7.38 Å². The van der Waals surface area contributed by atoms with E-state index in [9.17, 15) is 0 Å². The molecule has 0 aliphatic heterocycles. The highest BCUT2D eigenvalue weighted by Gasteiger charge is 2.21. The van der Waals surface area contributed by atoms with E-state index in [-0.39, 0.29) is 0 Å². The van der Waals surface area contributed by atoms with Crippen LogP contribution in [0.5, 0.6) is 0 Å². The van der Waals surface area contributed by atoms with Crippen molar-refractivity contribution in [3.8, 4) is 0 Å². The minimum Gasteiger partial charge on any atom is -0.162 e. The van der Waals surface area contributed by atoms with Crippen molar-refractivity contribution in [1.82, 2.24) is 0 Å². The Labute approximate surface area is 92.3 Å². The molecule has 1 rings (SSSR count). The topological polar surface area (TPSA) is 0 Å².